The molecule has 2 amide bonds. The summed E-state index contributed by atoms with van der Waals surface area (Å²) >= 11 is 0. The van der Waals surface area contributed by atoms with E-state index >= 15 is 0 Å². The molecular formula is C9H17F3N2O. The number of alkyl halides is 3. The summed E-state index contributed by atoms with van der Waals surface area (Å²) < 4.78 is 35.1. The summed E-state index contributed by atoms with van der Waals surface area (Å²) in [5.74, 6) is 0.321. The van der Waals surface area contributed by atoms with E-state index in [2.05, 4.69) is 5.32 Å². The van der Waals surface area contributed by atoms with E-state index < -0.39 is 18.8 Å². The quantitative estimate of drug-likeness (QED) is 0.742. The minimum atomic E-state index is -4.35. The van der Waals surface area contributed by atoms with Crippen LogP contribution in [0.4, 0.5) is 18.0 Å². The first kappa shape index (κ1) is 14.1. The predicted molar refractivity (Wildman–Crippen MR) is 51.5 cm³/mol. The molecule has 15 heavy (non-hydrogen) atoms. The summed E-state index contributed by atoms with van der Waals surface area (Å²) in [5, 5.41) is 4.16. The second-order valence-corrected chi connectivity index (χ2v) is 3.36. The number of rotatable bonds is 5. The first-order valence-electron chi connectivity index (χ1n) is 4.97. The maximum absolute atomic E-state index is 11.7. The zero-order valence-electron chi connectivity index (χ0n) is 8.95. The first-order chi connectivity index (χ1) is 6.89. The van der Waals surface area contributed by atoms with E-state index in [1.54, 1.807) is 5.32 Å². The van der Waals surface area contributed by atoms with Gasteiger partial charge >= 0.3 is 12.2 Å². The number of nitrogens with one attached hydrogen (secondary N) is 2. The Bertz CT molecular complexity index is 190. The highest BCUT2D eigenvalue weighted by atomic mass is 19.4. The van der Waals surface area contributed by atoms with Crippen molar-refractivity contribution >= 4 is 6.03 Å². The van der Waals surface area contributed by atoms with Crippen molar-refractivity contribution in [3.63, 3.8) is 0 Å². The van der Waals surface area contributed by atoms with Gasteiger partial charge in [-0.25, -0.2) is 4.79 Å². The molecule has 0 atom stereocenters. The zero-order chi connectivity index (χ0) is 11.9. The molecule has 0 fully saturated rings. The number of amides is 2. The van der Waals surface area contributed by atoms with Crippen LogP contribution in [0, 0.1) is 5.92 Å². The van der Waals surface area contributed by atoms with Gasteiger partial charge in [0, 0.05) is 6.54 Å². The van der Waals surface area contributed by atoms with Gasteiger partial charge < -0.3 is 10.6 Å². The molecule has 0 aliphatic carbocycles. The maximum atomic E-state index is 11.7. The molecule has 0 aromatic heterocycles. The van der Waals surface area contributed by atoms with E-state index in [4.69, 9.17) is 0 Å². The highest BCUT2D eigenvalue weighted by molar-refractivity contribution is 5.73. The molecule has 0 aromatic carbocycles. The van der Waals surface area contributed by atoms with Gasteiger partial charge in [0.1, 0.15) is 6.54 Å². The molecule has 0 aliphatic rings. The van der Waals surface area contributed by atoms with Gasteiger partial charge in [0.25, 0.3) is 0 Å². The molecule has 0 bridgehead atoms. The van der Waals surface area contributed by atoms with Crippen LogP contribution in [-0.4, -0.2) is 25.3 Å². The van der Waals surface area contributed by atoms with Crippen LogP contribution in [0.2, 0.25) is 0 Å². The number of carbonyl (C=O) groups excluding carboxylic acids is 1. The first-order valence-corrected chi connectivity index (χ1v) is 4.97. The Balaban J connectivity index is 3.66. The van der Waals surface area contributed by atoms with Crippen molar-refractivity contribution in [3.05, 3.63) is 0 Å². The van der Waals surface area contributed by atoms with Crippen LogP contribution in [0.1, 0.15) is 26.7 Å². The lowest BCUT2D eigenvalue weighted by atomic mass is 10.0. The maximum Gasteiger partial charge on any atom is 0.405 e. The summed E-state index contributed by atoms with van der Waals surface area (Å²) in [6, 6.07) is -0.765. The molecule has 3 nitrogen and oxygen atoms in total. The van der Waals surface area contributed by atoms with E-state index in [0.29, 0.717) is 12.5 Å². The van der Waals surface area contributed by atoms with Gasteiger partial charge in [0.15, 0.2) is 0 Å². The molecule has 0 radical (unpaired) electrons. The molecule has 0 unspecified atom stereocenters. The van der Waals surface area contributed by atoms with Crippen molar-refractivity contribution in [2.24, 2.45) is 5.92 Å². The molecule has 0 spiro atoms. The minimum Gasteiger partial charge on any atom is -0.338 e. The largest absolute Gasteiger partial charge is 0.405 e. The van der Waals surface area contributed by atoms with Crippen LogP contribution in [0.15, 0.2) is 0 Å². The third-order valence-electron chi connectivity index (χ3n) is 2.16. The van der Waals surface area contributed by atoms with Gasteiger partial charge in [-0.05, 0) is 5.92 Å². The molecule has 90 valence electrons. The summed E-state index contributed by atoms with van der Waals surface area (Å²) in [6.07, 6.45) is -2.56. The van der Waals surface area contributed by atoms with Gasteiger partial charge in [0.2, 0.25) is 0 Å². The Morgan fingerprint density at radius 3 is 2.13 bits per heavy atom. The van der Waals surface area contributed by atoms with Crippen LogP contribution >= 0.6 is 0 Å². The van der Waals surface area contributed by atoms with Gasteiger partial charge in [-0.3, -0.25) is 0 Å². The highest BCUT2D eigenvalue weighted by Crippen LogP contribution is 2.12. The van der Waals surface area contributed by atoms with E-state index in [1.807, 2.05) is 13.8 Å². The smallest absolute Gasteiger partial charge is 0.338 e. The van der Waals surface area contributed by atoms with Crippen molar-refractivity contribution < 1.29 is 18.0 Å². The fourth-order valence-electron chi connectivity index (χ4n) is 1.06. The number of halogens is 3. The van der Waals surface area contributed by atoms with Crippen molar-refractivity contribution in [3.8, 4) is 0 Å². The zero-order valence-corrected chi connectivity index (χ0v) is 8.95. The summed E-state index contributed by atoms with van der Waals surface area (Å²) in [7, 11) is 0. The minimum absolute atomic E-state index is 0.321. The number of carbonyl (C=O) groups is 1. The van der Waals surface area contributed by atoms with Crippen molar-refractivity contribution in [2.45, 2.75) is 32.9 Å². The molecule has 2 N–H and O–H groups in total. The third kappa shape index (κ3) is 8.08. The summed E-state index contributed by atoms with van der Waals surface area (Å²) in [4.78, 5) is 10.9. The molecule has 0 saturated heterocycles. The SMILES string of the molecule is CCC(CC)CNC(=O)NCC(F)(F)F. The van der Waals surface area contributed by atoms with Gasteiger partial charge in [0.05, 0.1) is 0 Å². The van der Waals surface area contributed by atoms with E-state index in [-0.39, 0.29) is 0 Å². The molecule has 0 heterocycles. The molecule has 6 heteroatoms. The van der Waals surface area contributed by atoms with Crippen LogP contribution in [0.25, 0.3) is 0 Å². The van der Waals surface area contributed by atoms with Crippen LogP contribution in [-0.2, 0) is 0 Å². The standard InChI is InChI=1S/C9H17F3N2O/c1-3-7(4-2)5-13-8(15)14-6-9(10,11)12/h7H,3-6H2,1-2H3,(H2,13,14,15). The second kappa shape index (κ2) is 6.53. The third-order valence-corrected chi connectivity index (χ3v) is 2.16. The Hall–Kier alpha value is -0.940. The Morgan fingerprint density at radius 2 is 1.73 bits per heavy atom. The molecule has 0 aliphatic heterocycles. The van der Waals surface area contributed by atoms with Crippen LogP contribution in [0.3, 0.4) is 0 Å². The lowest BCUT2D eigenvalue weighted by molar-refractivity contribution is -0.122. The predicted octanol–water partition coefficient (Wildman–Crippen LogP) is 2.28. The van der Waals surface area contributed by atoms with Crippen LogP contribution in [0.5, 0.6) is 0 Å². The van der Waals surface area contributed by atoms with Crippen LogP contribution < -0.4 is 10.6 Å². The number of hydrogen-bond acceptors (Lipinski definition) is 1. The Kier molecular flexibility index (Phi) is 6.12. The van der Waals surface area contributed by atoms with E-state index in [9.17, 15) is 18.0 Å². The normalized spacial score (nSPS) is 11.6. The topological polar surface area (TPSA) is 41.1 Å². The molecule has 0 aromatic rings. The molecular weight excluding hydrogens is 209 g/mol. The average Bonchev–Trinajstić information content (AvgIpc) is 2.15. The van der Waals surface area contributed by atoms with E-state index in [1.165, 1.54) is 0 Å². The monoisotopic (exact) mass is 226 g/mol. The van der Waals surface area contributed by atoms with Crippen molar-refractivity contribution in [1.82, 2.24) is 10.6 Å². The fraction of sp³-hybridized carbons (Fsp3) is 0.889. The van der Waals surface area contributed by atoms with Crippen molar-refractivity contribution in [2.75, 3.05) is 13.1 Å². The second-order valence-electron chi connectivity index (χ2n) is 3.36. The number of urea groups is 1. The molecule has 0 saturated carbocycles. The lowest BCUT2D eigenvalue weighted by Gasteiger charge is -2.14. The van der Waals surface area contributed by atoms with Gasteiger partial charge in [-0.1, -0.05) is 26.7 Å². The van der Waals surface area contributed by atoms with Crippen molar-refractivity contribution in [1.29, 1.82) is 0 Å². The number of hydrogen-bond donors (Lipinski definition) is 2. The van der Waals surface area contributed by atoms with Gasteiger partial charge in [-0.15, -0.1) is 0 Å². The van der Waals surface area contributed by atoms with E-state index in [0.717, 1.165) is 12.8 Å². The summed E-state index contributed by atoms with van der Waals surface area (Å²) in [5.41, 5.74) is 0. The lowest BCUT2D eigenvalue weighted by Crippen LogP contribution is -2.42. The van der Waals surface area contributed by atoms with Gasteiger partial charge in [-0.2, -0.15) is 13.2 Å². The molecule has 0 rings (SSSR count). The Morgan fingerprint density at radius 1 is 1.20 bits per heavy atom. The highest BCUT2D eigenvalue weighted by Gasteiger charge is 2.27. The summed E-state index contributed by atoms with van der Waals surface area (Å²) in [6.45, 7) is 3.07. The average molecular weight is 226 g/mol. The Labute approximate surface area is 87.4 Å². The fourth-order valence-corrected chi connectivity index (χ4v) is 1.06.